The van der Waals surface area contributed by atoms with Crippen molar-refractivity contribution >= 4 is 51.9 Å². The van der Waals surface area contributed by atoms with E-state index in [1.807, 2.05) is 58.8 Å². The quantitative estimate of drug-likeness (QED) is 0.367. The van der Waals surface area contributed by atoms with E-state index < -0.39 is 0 Å². The molecule has 4 aromatic rings. The molecule has 0 aliphatic carbocycles. The smallest absolute Gasteiger partial charge is 0.264 e. The molecule has 0 unspecified atom stereocenters. The number of benzene rings is 1. The van der Waals surface area contributed by atoms with Gasteiger partial charge in [-0.1, -0.05) is 29.8 Å². The predicted molar refractivity (Wildman–Crippen MR) is 143 cm³/mol. The zero-order valence-electron chi connectivity index (χ0n) is 18.8. The molecule has 0 bridgehead atoms. The molecule has 5 rings (SSSR count). The van der Waals surface area contributed by atoms with Crippen molar-refractivity contribution in [1.82, 2.24) is 15.2 Å². The summed E-state index contributed by atoms with van der Waals surface area (Å²) < 4.78 is 0. The molecule has 1 fully saturated rings. The van der Waals surface area contributed by atoms with Crippen molar-refractivity contribution in [3.05, 3.63) is 92.6 Å². The second-order valence-electron chi connectivity index (χ2n) is 8.09. The first-order valence-corrected chi connectivity index (χ1v) is 13.3. The summed E-state index contributed by atoms with van der Waals surface area (Å²) in [4.78, 5) is 37.3. The Bertz CT molecular complexity index is 1330. The van der Waals surface area contributed by atoms with Crippen LogP contribution in [0.25, 0.3) is 10.4 Å². The zero-order chi connectivity index (χ0) is 24.2. The van der Waals surface area contributed by atoms with Gasteiger partial charge in [0.2, 0.25) is 0 Å². The van der Waals surface area contributed by atoms with E-state index in [-0.39, 0.29) is 11.8 Å². The third kappa shape index (κ3) is 5.40. The normalized spacial score (nSPS) is 13.6. The van der Waals surface area contributed by atoms with Crippen molar-refractivity contribution in [2.75, 3.05) is 31.1 Å². The number of amides is 2. The number of nitrogens with one attached hydrogen (secondary N) is 1. The molecular formula is C26H23ClN4O2S2. The Hall–Kier alpha value is -3.20. The molecule has 3 aromatic heterocycles. The molecule has 0 spiro atoms. The van der Waals surface area contributed by atoms with E-state index in [1.165, 1.54) is 11.3 Å². The SMILES string of the molecule is O=C(NCc1cccs1)c1cccnc1N1CCN(C(=O)c2ccc(-c3cccc(Cl)c3)s2)CC1. The largest absolute Gasteiger partial charge is 0.352 e. The van der Waals surface area contributed by atoms with Crippen LogP contribution in [-0.2, 0) is 6.54 Å². The van der Waals surface area contributed by atoms with Crippen LogP contribution < -0.4 is 10.2 Å². The highest BCUT2D eigenvalue weighted by atomic mass is 35.5. The molecule has 1 aliphatic rings. The van der Waals surface area contributed by atoms with Crippen LogP contribution in [0.5, 0.6) is 0 Å². The number of aromatic nitrogens is 1. The van der Waals surface area contributed by atoms with Crippen molar-refractivity contribution in [3.8, 4) is 10.4 Å². The van der Waals surface area contributed by atoms with Crippen molar-refractivity contribution < 1.29 is 9.59 Å². The van der Waals surface area contributed by atoms with Gasteiger partial charge in [0, 0.05) is 47.2 Å². The van der Waals surface area contributed by atoms with E-state index in [9.17, 15) is 9.59 Å². The third-order valence-electron chi connectivity index (χ3n) is 5.83. The van der Waals surface area contributed by atoms with Crippen LogP contribution in [0, 0.1) is 0 Å². The van der Waals surface area contributed by atoms with E-state index in [4.69, 9.17) is 11.6 Å². The first kappa shape index (κ1) is 23.5. The highest BCUT2D eigenvalue weighted by molar-refractivity contribution is 7.17. The number of halogens is 1. The standard InChI is InChI=1S/C26H23ClN4O2S2/c27-19-5-1-4-18(16-19)22-8-9-23(35-22)26(33)31-13-11-30(12-14-31)24-21(7-2-10-28-24)25(32)29-17-20-6-3-15-34-20/h1-10,15-16H,11-14,17H2,(H,29,32). The summed E-state index contributed by atoms with van der Waals surface area (Å²) in [5.74, 6) is 0.535. The lowest BCUT2D eigenvalue weighted by Gasteiger charge is -2.35. The van der Waals surface area contributed by atoms with Gasteiger partial charge in [0.05, 0.1) is 17.0 Å². The monoisotopic (exact) mass is 522 g/mol. The Morgan fingerprint density at radius 1 is 1.00 bits per heavy atom. The first-order chi connectivity index (χ1) is 17.1. The van der Waals surface area contributed by atoms with Gasteiger partial charge < -0.3 is 15.1 Å². The van der Waals surface area contributed by atoms with E-state index in [2.05, 4.69) is 15.2 Å². The lowest BCUT2D eigenvalue weighted by Crippen LogP contribution is -2.49. The molecule has 2 amide bonds. The van der Waals surface area contributed by atoms with Gasteiger partial charge in [0.1, 0.15) is 5.82 Å². The van der Waals surface area contributed by atoms with Gasteiger partial charge in [0.15, 0.2) is 0 Å². The fourth-order valence-corrected chi connectivity index (χ4v) is 5.83. The topological polar surface area (TPSA) is 65.5 Å². The maximum atomic E-state index is 13.1. The fourth-order valence-electron chi connectivity index (χ4n) is 4.03. The number of thiophene rings is 2. The number of piperazine rings is 1. The third-order valence-corrected chi connectivity index (χ3v) is 8.06. The summed E-state index contributed by atoms with van der Waals surface area (Å²) in [6.07, 6.45) is 1.70. The maximum Gasteiger partial charge on any atom is 0.264 e. The van der Waals surface area contributed by atoms with Crippen LogP contribution in [0.4, 0.5) is 5.82 Å². The molecule has 9 heteroatoms. The van der Waals surface area contributed by atoms with E-state index in [0.29, 0.717) is 54.0 Å². The first-order valence-electron chi connectivity index (χ1n) is 11.2. The van der Waals surface area contributed by atoms with Gasteiger partial charge in [-0.05, 0) is 53.4 Å². The second kappa shape index (κ2) is 10.6. The van der Waals surface area contributed by atoms with Crippen molar-refractivity contribution in [2.45, 2.75) is 6.54 Å². The number of pyridine rings is 1. The molecule has 0 atom stereocenters. The summed E-state index contributed by atoms with van der Waals surface area (Å²) in [6.45, 7) is 2.85. The average molecular weight is 523 g/mol. The van der Waals surface area contributed by atoms with Crippen LogP contribution in [0.15, 0.2) is 72.2 Å². The number of rotatable bonds is 6. The molecule has 1 saturated heterocycles. The molecule has 0 saturated carbocycles. The summed E-state index contributed by atoms with van der Waals surface area (Å²) >= 11 is 9.20. The molecule has 4 heterocycles. The molecule has 1 N–H and O–H groups in total. The maximum absolute atomic E-state index is 13.1. The average Bonchev–Trinajstić information content (AvgIpc) is 3.60. The minimum absolute atomic E-state index is 0.0258. The summed E-state index contributed by atoms with van der Waals surface area (Å²) in [5, 5.41) is 5.65. The molecule has 0 radical (unpaired) electrons. The molecule has 1 aromatic carbocycles. The van der Waals surface area contributed by atoms with Crippen LogP contribution in [-0.4, -0.2) is 47.9 Å². The Labute approximate surface area is 216 Å². The van der Waals surface area contributed by atoms with Crippen LogP contribution >= 0.6 is 34.3 Å². The van der Waals surface area contributed by atoms with Crippen molar-refractivity contribution in [1.29, 1.82) is 0 Å². The molecule has 1 aliphatic heterocycles. The van der Waals surface area contributed by atoms with Gasteiger partial charge >= 0.3 is 0 Å². The highest BCUT2D eigenvalue weighted by Gasteiger charge is 2.26. The molecule has 178 valence electrons. The summed E-state index contributed by atoms with van der Waals surface area (Å²) in [5.41, 5.74) is 1.56. The summed E-state index contributed by atoms with van der Waals surface area (Å²) in [6, 6.07) is 19.0. The van der Waals surface area contributed by atoms with Crippen LogP contribution in [0.1, 0.15) is 24.9 Å². The number of carbonyl (C=O) groups is 2. The van der Waals surface area contributed by atoms with E-state index >= 15 is 0 Å². The van der Waals surface area contributed by atoms with Crippen molar-refractivity contribution in [3.63, 3.8) is 0 Å². The minimum atomic E-state index is -0.146. The van der Waals surface area contributed by atoms with Crippen LogP contribution in [0.3, 0.4) is 0 Å². The molecular weight excluding hydrogens is 500 g/mol. The van der Waals surface area contributed by atoms with Crippen LogP contribution in [0.2, 0.25) is 5.02 Å². The number of carbonyl (C=O) groups excluding carboxylic acids is 2. The highest BCUT2D eigenvalue weighted by Crippen LogP contribution is 2.31. The van der Waals surface area contributed by atoms with Crippen molar-refractivity contribution in [2.24, 2.45) is 0 Å². The van der Waals surface area contributed by atoms with E-state index in [1.54, 1.807) is 29.7 Å². The van der Waals surface area contributed by atoms with E-state index in [0.717, 1.165) is 15.3 Å². The lowest BCUT2D eigenvalue weighted by molar-refractivity contribution is 0.0750. The number of hydrogen-bond donors (Lipinski definition) is 1. The fraction of sp³-hybridized carbons (Fsp3) is 0.192. The second-order valence-corrected chi connectivity index (χ2v) is 10.6. The Morgan fingerprint density at radius 3 is 2.63 bits per heavy atom. The lowest BCUT2D eigenvalue weighted by atomic mass is 10.2. The van der Waals surface area contributed by atoms with Gasteiger partial charge in [-0.15, -0.1) is 22.7 Å². The van der Waals surface area contributed by atoms with Gasteiger partial charge in [0.25, 0.3) is 11.8 Å². The zero-order valence-corrected chi connectivity index (χ0v) is 21.2. The Kier molecular flexibility index (Phi) is 7.13. The van der Waals surface area contributed by atoms with Gasteiger partial charge in [-0.2, -0.15) is 0 Å². The molecule has 35 heavy (non-hydrogen) atoms. The minimum Gasteiger partial charge on any atom is -0.352 e. The Morgan fingerprint density at radius 2 is 1.86 bits per heavy atom. The predicted octanol–water partition coefficient (Wildman–Crippen LogP) is 5.42. The number of anilines is 1. The number of hydrogen-bond acceptors (Lipinski definition) is 6. The molecule has 6 nitrogen and oxygen atoms in total. The van der Waals surface area contributed by atoms with Gasteiger partial charge in [-0.25, -0.2) is 4.98 Å². The Balaban J connectivity index is 1.22. The van der Waals surface area contributed by atoms with Gasteiger partial charge in [-0.3, -0.25) is 9.59 Å². The number of nitrogens with zero attached hydrogens (tertiary/aromatic N) is 3. The summed E-state index contributed by atoms with van der Waals surface area (Å²) in [7, 11) is 0.